The lowest BCUT2D eigenvalue weighted by Crippen LogP contribution is -2.25. The molecule has 4 rings (SSSR count). The van der Waals surface area contributed by atoms with Gasteiger partial charge >= 0.3 is 11.9 Å². The number of pyridine rings is 2. The molecule has 8 nitrogen and oxygen atoms in total. The van der Waals surface area contributed by atoms with Gasteiger partial charge in [0.15, 0.2) is 11.5 Å². The molecule has 210 valence electrons. The van der Waals surface area contributed by atoms with Gasteiger partial charge in [-0.15, -0.1) is 0 Å². The Labute approximate surface area is 231 Å². The van der Waals surface area contributed by atoms with Crippen molar-refractivity contribution < 1.29 is 19.1 Å². The van der Waals surface area contributed by atoms with Crippen LogP contribution in [0.15, 0.2) is 61.2 Å². The van der Waals surface area contributed by atoms with Crippen LogP contribution in [0.4, 0.5) is 0 Å². The van der Waals surface area contributed by atoms with Crippen molar-refractivity contribution in [3.05, 3.63) is 72.3 Å². The van der Waals surface area contributed by atoms with E-state index in [1.54, 1.807) is 0 Å². The first-order chi connectivity index (χ1) is 18.8. The molecule has 0 saturated heterocycles. The fourth-order valence-electron chi connectivity index (χ4n) is 4.57. The van der Waals surface area contributed by atoms with E-state index >= 15 is 0 Å². The monoisotopic (exact) mass is 534 g/mol. The number of fused-ring (bicyclic) bond motifs is 2. The van der Waals surface area contributed by atoms with Gasteiger partial charge in [-0.2, -0.15) is 0 Å². The summed E-state index contributed by atoms with van der Waals surface area (Å²) in [7, 11) is 2.10. The number of hydrogen-bond acceptors (Lipinski definition) is 6. The highest BCUT2D eigenvalue weighted by Crippen LogP contribution is 2.26. The molecule has 4 aromatic rings. The first-order valence-electron chi connectivity index (χ1n) is 13.7. The van der Waals surface area contributed by atoms with E-state index in [0.717, 1.165) is 56.6 Å². The fourth-order valence-corrected chi connectivity index (χ4v) is 4.57. The molecule has 0 amide bonds. The minimum atomic E-state index is -0.286. The van der Waals surface area contributed by atoms with Crippen molar-refractivity contribution in [2.75, 3.05) is 39.8 Å². The van der Waals surface area contributed by atoms with Gasteiger partial charge in [-0.05, 0) is 87.0 Å². The number of carbonyl (C=O) groups is 2. The molecule has 0 unspecified atom stereocenters. The van der Waals surface area contributed by atoms with Crippen LogP contribution in [0.25, 0.3) is 11.0 Å². The Morgan fingerprint density at radius 3 is 1.56 bits per heavy atom. The molecule has 0 bridgehead atoms. The van der Waals surface area contributed by atoms with E-state index in [1.165, 1.54) is 25.0 Å². The normalized spacial score (nSPS) is 11.2. The summed E-state index contributed by atoms with van der Waals surface area (Å²) in [6.07, 6.45) is 9.86. The predicted octanol–water partition coefficient (Wildman–Crippen LogP) is 5.11. The zero-order valence-electron chi connectivity index (χ0n) is 24.1. The highest BCUT2D eigenvalue weighted by atomic mass is 16.5. The van der Waals surface area contributed by atoms with Crippen LogP contribution < -0.4 is 9.47 Å². The maximum absolute atomic E-state index is 11.2. The van der Waals surface area contributed by atoms with Crippen molar-refractivity contribution in [2.45, 2.75) is 47.5 Å². The molecular formula is C31H42N4O4. The largest absolute Gasteiger partial charge is 0.424 e. The molecule has 0 N–H and O–H groups in total. The average molecular weight is 535 g/mol. The molecule has 0 saturated carbocycles. The van der Waals surface area contributed by atoms with Gasteiger partial charge in [-0.3, -0.25) is 9.59 Å². The minimum absolute atomic E-state index is 0.283. The Morgan fingerprint density at radius 1 is 0.692 bits per heavy atom. The summed E-state index contributed by atoms with van der Waals surface area (Å²) in [4.78, 5) is 27.0. The summed E-state index contributed by atoms with van der Waals surface area (Å²) < 4.78 is 14.6. The van der Waals surface area contributed by atoms with Crippen LogP contribution in [-0.2, 0) is 22.4 Å². The van der Waals surface area contributed by atoms with E-state index in [9.17, 15) is 9.59 Å². The van der Waals surface area contributed by atoms with Crippen molar-refractivity contribution in [3.63, 3.8) is 0 Å². The zero-order chi connectivity index (χ0) is 28.4. The number of nitrogens with zero attached hydrogens (tertiary/aromatic N) is 4. The summed E-state index contributed by atoms with van der Waals surface area (Å²) in [5, 5.41) is 0. The highest BCUT2D eigenvalue weighted by Gasteiger charge is 2.12. The summed E-state index contributed by atoms with van der Waals surface area (Å²) in [5.41, 5.74) is 4.41. The number of rotatable bonds is 11. The zero-order valence-corrected chi connectivity index (χ0v) is 24.1. The lowest BCUT2D eigenvalue weighted by atomic mass is 10.1. The predicted molar refractivity (Wildman–Crippen MR) is 156 cm³/mol. The Morgan fingerprint density at radius 2 is 1.15 bits per heavy atom. The molecule has 0 aromatic carbocycles. The maximum Gasteiger partial charge on any atom is 0.308 e. The third kappa shape index (κ3) is 8.18. The number of ether oxygens (including phenoxy) is 2. The van der Waals surface area contributed by atoms with Crippen LogP contribution in [0.1, 0.15) is 45.7 Å². The third-order valence-electron chi connectivity index (χ3n) is 6.85. The molecule has 0 aliphatic rings. The Hall–Kier alpha value is -3.62. The van der Waals surface area contributed by atoms with Crippen LogP contribution in [-0.4, -0.2) is 70.3 Å². The van der Waals surface area contributed by atoms with Gasteiger partial charge in [-0.25, -0.2) is 0 Å². The molecule has 0 aliphatic heterocycles. The first kappa shape index (κ1) is 29.9. The maximum atomic E-state index is 11.2. The van der Waals surface area contributed by atoms with Crippen molar-refractivity contribution in [2.24, 2.45) is 0 Å². The van der Waals surface area contributed by atoms with Gasteiger partial charge in [0.2, 0.25) is 0 Å². The topological polar surface area (TPSA) is 67.9 Å². The minimum Gasteiger partial charge on any atom is -0.424 e. The van der Waals surface area contributed by atoms with E-state index in [4.69, 9.17) is 9.47 Å². The Kier molecular flexibility index (Phi) is 11.1. The number of carbonyl (C=O) groups excluding carboxylic acids is 2. The van der Waals surface area contributed by atoms with Crippen molar-refractivity contribution >= 4 is 23.0 Å². The van der Waals surface area contributed by atoms with E-state index < -0.39 is 0 Å². The first-order valence-corrected chi connectivity index (χ1v) is 13.7. The van der Waals surface area contributed by atoms with Gasteiger partial charge in [0.25, 0.3) is 0 Å². The molecule has 0 fully saturated rings. The quantitative estimate of drug-likeness (QED) is 0.249. The summed E-state index contributed by atoms with van der Waals surface area (Å²) in [6, 6.07) is 11.6. The number of likely N-dealkylation sites (N-methyl/N-ethyl adjacent to an activating group) is 2. The fraction of sp³-hybridized carbons (Fsp3) is 0.419. The number of esters is 2. The van der Waals surface area contributed by atoms with E-state index in [-0.39, 0.29) is 11.9 Å². The van der Waals surface area contributed by atoms with E-state index in [2.05, 4.69) is 49.8 Å². The number of aromatic nitrogens is 2. The van der Waals surface area contributed by atoms with Crippen molar-refractivity contribution in [1.29, 1.82) is 0 Å². The van der Waals surface area contributed by atoms with Crippen LogP contribution in [0, 0.1) is 0 Å². The highest BCUT2D eigenvalue weighted by molar-refractivity contribution is 5.76. The van der Waals surface area contributed by atoms with Crippen molar-refractivity contribution in [1.82, 2.24) is 18.6 Å². The molecular weight excluding hydrogens is 492 g/mol. The van der Waals surface area contributed by atoms with Crippen LogP contribution in [0.2, 0.25) is 0 Å². The summed E-state index contributed by atoms with van der Waals surface area (Å²) in [5.74, 6) is 0.702. The second kappa shape index (κ2) is 14.5. The van der Waals surface area contributed by atoms with Gasteiger partial charge < -0.3 is 28.1 Å². The molecule has 0 aliphatic carbocycles. The second-order valence-electron chi connectivity index (χ2n) is 9.55. The van der Waals surface area contributed by atoms with Gasteiger partial charge in [0, 0.05) is 51.7 Å². The van der Waals surface area contributed by atoms with Crippen LogP contribution in [0.5, 0.6) is 11.5 Å². The molecule has 8 heteroatoms. The standard InChI is InChI=1S/C16H22N2O2.C15H20N2O2/c1-4-17(5-2)11-8-14-9-12-18-10-6-7-15(16(14)18)20-13(3)19;1-4-16(3)10-7-13-8-11-17-9-5-6-14(15(13)17)19-12(2)18/h6-7,9-10,12H,4-5,8,11H2,1-3H3;5-6,8-9,11H,4,7,10H2,1-3H3. The Balaban J connectivity index is 0.000000216. The lowest BCUT2D eigenvalue weighted by molar-refractivity contribution is -0.132. The summed E-state index contributed by atoms with van der Waals surface area (Å²) >= 11 is 0. The third-order valence-corrected chi connectivity index (χ3v) is 6.85. The van der Waals surface area contributed by atoms with E-state index in [0.29, 0.717) is 11.5 Å². The van der Waals surface area contributed by atoms with Gasteiger partial charge in [-0.1, -0.05) is 20.8 Å². The van der Waals surface area contributed by atoms with Gasteiger partial charge in [0.05, 0.1) is 11.0 Å². The molecule has 4 heterocycles. The molecule has 0 spiro atoms. The molecule has 0 atom stereocenters. The van der Waals surface area contributed by atoms with Crippen LogP contribution in [0.3, 0.4) is 0 Å². The molecule has 39 heavy (non-hydrogen) atoms. The number of hydrogen-bond donors (Lipinski definition) is 0. The molecule has 0 radical (unpaired) electrons. The SMILES string of the molecule is CCN(C)CCc1ccn2cccc(OC(C)=O)c12.CCN(CC)CCc1ccn2cccc(OC(C)=O)c12. The summed E-state index contributed by atoms with van der Waals surface area (Å²) in [6.45, 7) is 14.5. The second-order valence-corrected chi connectivity index (χ2v) is 9.55. The lowest BCUT2D eigenvalue weighted by Gasteiger charge is -2.17. The van der Waals surface area contributed by atoms with Crippen molar-refractivity contribution in [3.8, 4) is 11.5 Å². The van der Waals surface area contributed by atoms with E-state index in [1.807, 2.05) is 57.9 Å². The average Bonchev–Trinajstić information content (AvgIpc) is 3.53. The Bertz CT molecular complexity index is 1370. The molecule has 4 aromatic heterocycles. The van der Waals surface area contributed by atoms with Gasteiger partial charge in [0.1, 0.15) is 0 Å². The van der Waals surface area contributed by atoms with Crippen LogP contribution >= 0.6 is 0 Å². The smallest absolute Gasteiger partial charge is 0.308 e.